The van der Waals surface area contributed by atoms with Gasteiger partial charge in [0.25, 0.3) is 0 Å². The monoisotopic (exact) mass is 278 g/mol. The van der Waals surface area contributed by atoms with Crippen LogP contribution in [-0.4, -0.2) is 18.4 Å². The number of halogens is 1. The van der Waals surface area contributed by atoms with Crippen LogP contribution < -0.4 is 10.6 Å². The van der Waals surface area contributed by atoms with Crippen molar-refractivity contribution in [1.82, 2.24) is 5.32 Å². The second-order valence-corrected chi connectivity index (χ2v) is 5.39. The van der Waals surface area contributed by atoms with Gasteiger partial charge in [0.15, 0.2) is 0 Å². The summed E-state index contributed by atoms with van der Waals surface area (Å²) >= 11 is 0. The molecule has 4 nitrogen and oxygen atoms in total. The molecule has 0 heterocycles. The molecule has 1 saturated carbocycles. The number of aryl methyl sites for hydroxylation is 1. The number of rotatable bonds is 5. The molecule has 108 valence electrons. The van der Waals surface area contributed by atoms with Gasteiger partial charge in [0.1, 0.15) is 5.82 Å². The Balaban J connectivity index is 1.75. The minimum Gasteiger partial charge on any atom is -0.355 e. The van der Waals surface area contributed by atoms with E-state index in [4.69, 9.17) is 0 Å². The highest BCUT2D eigenvalue weighted by molar-refractivity contribution is 5.91. The van der Waals surface area contributed by atoms with E-state index in [2.05, 4.69) is 10.6 Å². The third-order valence-corrected chi connectivity index (χ3v) is 3.49. The lowest BCUT2D eigenvalue weighted by Gasteiger charge is -2.08. The molecule has 0 radical (unpaired) electrons. The predicted molar refractivity (Wildman–Crippen MR) is 74.7 cm³/mol. The van der Waals surface area contributed by atoms with Gasteiger partial charge >= 0.3 is 0 Å². The van der Waals surface area contributed by atoms with Gasteiger partial charge in [-0.1, -0.05) is 13.0 Å². The van der Waals surface area contributed by atoms with Crippen molar-refractivity contribution in [2.75, 3.05) is 11.9 Å². The van der Waals surface area contributed by atoms with Gasteiger partial charge in [-0.2, -0.15) is 0 Å². The van der Waals surface area contributed by atoms with Gasteiger partial charge in [0.2, 0.25) is 11.8 Å². The molecule has 0 saturated heterocycles. The van der Waals surface area contributed by atoms with Crippen LogP contribution in [-0.2, 0) is 9.59 Å². The van der Waals surface area contributed by atoms with E-state index in [1.54, 1.807) is 12.1 Å². The summed E-state index contributed by atoms with van der Waals surface area (Å²) in [6.45, 7) is 4.13. The standard InChI is InChI=1S/C15H19FN2O2/c1-9-3-4-12(16)13(7-9)18-14(19)5-6-17-15(20)11-8-10(11)2/h3-4,7,10-11H,5-6,8H2,1-2H3,(H,17,20)(H,18,19)/t10-,11+/m1/s1. The van der Waals surface area contributed by atoms with Crippen LogP contribution in [0.3, 0.4) is 0 Å². The number of nitrogens with one attached hydrogen (secondary N) is 2. The van der Waals surface area contributed by atoms with Crippen LogP contribution in [0.25, 0.3) is 0 Å². The molecule has 0 unspecified atom stereocenters. The highest BCUT2D eigenvalue weighted by Crippen LogP contribution is 2.37. The summed E-state index contributed by atoms with van der Waals surface area (Å²) in [7, 11) is 0. The Hall–Kier alpha value is -1.91. The van der Waals surface area contributed by atoms with Crippen molar-refractivity contribution in [3.05, 3.63) is 29.6 Å². The maximum atomic E-state index is 13.5. The minimum atomic E-state index is -0.459. The molecule has 1 aliphatic carbocycles. The number of anilines is 1. The lowest BCUT2D eigenvalue weighted by Crippen LogP contribution is -2.29. The van der Waals surface area contributed by atoms with Crippen molar-refractivity contribution in [2.24, 2.45) is 11.8 Å². The lowest BCUT2D eigenvalue weighted by molar-refractivity contribution is -0.122. The van der Waals surface area contributed by atoms with E-state index in [0.717, 1.165) is 12.0 Å². The molecule has 0 aromatic heterocycles. The first kappa shape index (κ1) is 14.5. The molecular formula is C15H19FN2O2. The molecule has 2 atom stereocenters. The topological polar surface area (TPSA) is 58.2 Å². The number of benzene rings is 1. The van der Waals surface area contributed by atoms with Crippen LogP contribution in [0.15, 0.2) is 18.2 Å². The fraction of sp³-hybridized carbons (Fsp3) is 0.467. The van der Waals surface area contributed by atoms with Crippen LogP contribution in [0.4, 0.5) is 10.1 Å². The lowest BCUT2D eigenvalue weighted by atomic mass is 10.2. The quantitative estimate of drug-likeness (QED) is 0.867. The smallest absolute Gasteiger partial charge is 0.226 e. The van der Waals surface area contributed by atoms with Crippen molar-refractivity contribution in [3.63, 3.8) is 0 Å². The van der Waals surface area contributed by atoms with Crippen LogP contribution in [0.5, 0.6) is 0 Å². The molecule has 1 fully saturated rings. The Morgan fingerprint density at radius 2 is 2.10 bits per heavy atom. The van der Waals surface area contributed by atoms with E-state index in [-0.39, 0.29) is 36.4 Å². The first-order valence-corrected chi connectivity index (χ1v) is 6.81. The third kappa shape index (κ3) is 3.79. The number of hydrogen-bond donors (Lipinski definition) is 2. The van der Waals surface area contributed by atoms with Crippen molar-refractivity contribution in [3.8, 4) is 0 Å². The fourth-order valence-corrected chi connectivity index (χ4v) is 2.07. The zero-order chi connectivity index (χ0) is 14.7. The maximum Gasteiger partial charge on any atom is 0.226 e. The average Bonchev–Trinajstić information content (AvgIpc) is 3.11. The fourth-order valence-electron chi connectivity index (χ4n) is 2.07. The van der Waals surface area contributed by atoms with E-state index in [0.29, 0.717) is 5.92 Å². The molecule has 0 aliphatic heterocycles. The summed E-state index contributed by atoms with van der Waals surface area (Å²) in [5, 5.41) is 5.24. The van der Waals surface area contributed by atoms with E-state index >= 15 is 0 Å². The zero-order valence-electron chi connectivity index (χ0n) is 11.7. The predicted octanol–water partition coefficient (Wildman–Crippen LogP) is 2.23. The molecular weight excluding hydrogens is 259 g/mol. The van der Waals surface area contributed by atoms with Gasteiger partial charge < -0.3 is 10.6 Å². The van der Waals surface area contributed by atoms with E-state index < -0.39 is 5.82 Å². The summed E-state index contributed by atoms with van der Waals surface area (Å²) in [6, 6.07) is 4.54. The molecule has 2 rings (SSSR count). The zero-order valence-corrected chi connectivity index (χ0v) is 11.7. The molecule has 0 spiro atoms. The Morgan fingerprint density at radius 1 is 1.40 bits per heavy atom. The molecule has 20 heavy (non-hydrogen) atoms. The summed E-state index contributed by atoms with van der Waals surface area (Å²) in [5.74, 6) is -0.206. The summed E-state index contributed by atoms with van der Waals surface area (Å²) in [5.41, 5.74) is 1.05. The Kier molecular flexibility index (Phi) is 4.37. The van der Waals surface area contributed by atoms with Crippen molar-refractivity contribution in [1.29, 1.82) is 0 Å². The number of amides is 2. The van der Waals surface area contributed by atoms with Crippen LogP contribution in [0.2, 0.25) is 0 Å². The van der Waals surface area contributed by atoms with Gasteiger partial charge in [-0.15, -0.1) is 0 Å². The number of carbonyl (C=O) groups excluding carboxylic acids is 2. The third-order valence-electron chi connectivity index (χ3n) is 3.49. The highest BCUT2D eigenvalue weighted by atomic mass is 19.1. The van der Waals surface area contributed by atoms with E-state index in [1.165, 1.54) is 6.07 Å². The minimum absolute atomic E-state index is 0.00651. The average molecular weight is 278 g/mol. The normalized spacial score (nSPS) is 20.4. The highest BCUT2D eigenvalue weighted by Gasteiger charge is 2.38. The second-order valence-electron chi connectivity index (χ2n) is 5.39. The summed E-state index contributed by atoms with van der Waals surface area (Å²) in [6.07, 6.45) is 1.06. The first-order valence-electron chi connectivity index (χ1n) is 6.81. The number of carbonyl (C=O) groups is 2. The van der Waals surface area contributed by atoms with Gasteiger partial charge in [0.05, 0.1) is 5.69 Å². The van der Waals surface area contributed by atoms with Crippen molar-refractivity contribution in [2.45, 2.75) is 26.7 Å². The summed E-state index contributed by atoms with van der Waals surface area (Å²) < 4.78 is 13.5. The van der Waals surface area contributed by atoms with Gasteiger partial charge in [-0.3, -0.25) is 9.59 Å². The second kappa shape index (κ2) is 6.03. The van der Waals surface area contributed by atoms with E-state index in [9.17, 15) is 14.0 Å². The molecule has 5 heteroatoms. The van der Waals surface area contributed by atoms with Crippen LogP contribution in [0.1, 0.15) is 25.3 Å². The maximum absolute atomic E-state index is 13.5. The molecule has 1 aromatic carbocycles. The Bertz CT molecular complexity index is 531. The van der Waals surface area contributed by atoms with Gasteiger partial charge in [-0.25, -0.2) is 4.39 Å². The SMILES string of the molecule is Cc1ccc(F)c(NC(=O)CCNC(=O)[C@H]2C[C@H]2C)c1. The van der Waals surface area contributed by atoms with Crippen LogP contribution in [0, 0.1) is 24.6 Å². The molecule has 1 aromatic rings. The molecule has 1 aliphatic rings. The Morgan fingerprint density at radius 3 is 2.75 bits per heavy atom. The van der Waals surface area contributed by atoms with E-state index in [1.807, 2.05) is 13.8 Å². The Labute approximate surface area is 117 Å². The summed E-state index contributed by atoms with van der Waals surface area (Å²) in [4.78, 5) is 23.2. The van der Waals surface area contributed by atoms with Crippen molar-refractivity contribution < 1.29 is 14.0 Å². The van der Waals surface area contributed by atoms with Crippen molar-refractivity contribution >= 4 is 17.5 Å². The number of hydrogen-bond acceptors (Lipinski definition) is 2. The van der Waals surface area contributed by atoms with Gasteiger partial charge in [-0.05, 0) is 37.0 Å². The molecule has 2 amide bonds. The molecule has 0 bridgehead atoms. The first-order chi connectivity index (χ1) is 9.47. The largest absolute Gasteiger partial charge is 0.355 e. The van der Waals surface area contributed by atoms with Gasteiger partial charge in [0, 0.05) is 18.9 Å². The molecule has 2 N–H and O–H groups in total. The van der Waals surface area contributed by atoms with Crippen LogP contribution >= 0.6 is 0 Å².